The van der Waals surface area contributed by atoms with Crippen LogP contribution in [-0.4, -0.2) is 31.2 Å². The standard InChI is InChI=1S/C14H20N2O3S/c1-11(2)15-12-6-8-13(9-7-12)20(18,19)16-10-4-3-5-14(16)17/h6-9,11,15H,3-5,10H2,1-2H3. The summed E-state index contributed by atoms with van der Waals surface area (Å²) in [6.07, 6.45) is 1.81. The Morgan fingerprint density at radius 2 is 1.80 bits per heavy atom. The summed E-state index contributed by atoms with van der Waals surface area (Å²) >= 11 is 0. The van der Waals surface area contributed by atoms with Crippen LogP contribution in [0.1, 0.15) is 33.1 Å². The van der Waals surface area contributed by atoms with Crippen LogP contribution in [0.15, 0.2) is 29.2 Å². The van der Waals surface area contributed by atoms with E-state index in [4.69, 9.17) is 0 Å². The molecule has 1 aliphatic rings. The van der Waals surface area contributed by atoms with Crippen LogP contribution in [0, 0.1) is 0 Å². The molecule has 1 aromatic carbocycles. The molecule has 1 aliphatic heterocycles. The molecule has 6 heteroatoms. The Morgan fingerprint density at radius 3 is 2.35 bits per heavy atom. The highest BCUT2D eigenvalue weighted by Gasteiger charge is 2.30. The van der Waals surface area contributed by atoms with Crippen LogP contribution in [0.2, 0.25) is 0 Å². The summed E-state index contributed by atoms with van der Waals surface area (Å²) in [6, 6.07) is 6.81. The molecule has 0 atom stereocenters. The van der Waals surface area contributed by atoms with Gasteiger partial charge in [0.1, 0.15) is 0 Å². The SMILES string of the molecule is CC(C)Nc1ccc(S(=O)(=O)N2CCCCC2=O)cc1. The molecular formula is C14H20N2O3S. The number of carbonyl (C=O) groups is 1. The Balaban J connectivity index is 2.23. The quantitative estimate of drug-likeness (QED) is 0.925. The van der Waals surface area contributed by atoms with Gasteiger partial charge in [0.15, 0.2) is 0 Å². The summed E-state index contributed by atoms with van der Waals surface area (Å²) < 4.78 is 25.8. The lowest BCUT2D eigenvalue weighted by atomic mass is 10.2. The third-order valence-electron chi connectivity index (χ3n) is 3.18. The lowest BCUT2D eigenvalue weighted by molar-refractivity contribution is -0.128. The van der Waals surface area contributed by atoms with Crippen molar-refractivity contribution in [3.63, 3.8) is 0 Å². The minimum absolute atomic E-state index is 0.169. The number of carbonyl (C=O) groups excluding carboxylic acids is 1. The Kier molecular flexibility index (Phi) is 4.32. The van der Waals surface area contributed by atoms with Crippen LogP contribution in [-0.2, 0) is 14.8 Å². The molecular weight excluding hydrogens is 276 g/mol. The van der Waals surface area contributed by atoms with E-state index < -0.39 is 10.0 Å². The van der Waals surface area contributed by atoms with E-state index >= 15 is 0 Å². The van der Waals surface area contributed by atoms with Crippen LogP contribution < -0.4 is 5.32 Å². The second-order valence-electron chi connectivity index (χ2n) is 5.25. The lowest BCUT2D eigenvalue weighted by Crippen LogP contribution is -2.40. The van der Waals surface area contributed by atoms with Crippen molar-refractivity contribution in [3.05, 3.63) is 24.3 Å². The highest BCUT2D eigenvalue weighted by molar-refractivity contribution is 7.89. The summed E-state index contributed by atoms with van der Waals surface area (Å²) in [5, 5.41) is 3.20. The van der Waals surface area contributed by atoms with Crippen LogP contribution >= 0.6 is 0 Å². The molecule has 1 saturated heterocycles. The smallest absolute Gasteiger partial charge is 0.266 e. The number of nitrogens with zero attached hydrogens (tertiary/aromatic N) is 1. The van der Waals surface area contributed by atoms with Gasteiger partial charge in [-0.3, -0.25) is 4.79 Å². The molecule has 0 unspecified atom stereocenters. The molecule has 1 N–H and O–H groups in total. The third kappa shape index (κ3) is 3.12. The van der Waals surface area contributed by atoms with E-state index in [9.17, 15) is 13.2 Å². The molecule has 0 radical (unpaired) electrons. The molecule has 5 nitrogen and oxygen atoms in total. The van der Waals surface area contributed by atoms with E-state index in [-0.39, 0.29) is 23.4 Å². The number of nitrogens with one attached hydrogen (secondary N) is 1. The first-order valence-electron chi connectivity index (χ1n) is 6.83. The zero-order valence-corrected chi connectivity index (χ0v) is 12.6. The minimum atomic E-state index is -3.70. The van der Waals surface area contributed by atoms with E-state index in [0.717, 1.165) is 22.8 Å². The zero-order chi connectivity index (χ0) is 14.8. The number of rotatable bonds is 4. The van der Waals surface area contributed by atoms with Crippen molar-refractivity contribution >= 4 is 21.6 Å². The highest BCUT2D eigenvalue weighted by atomic mass is 32.2. The highest BCUT2D eigenvalue weighted by Crippen LogP contribution is 2.22. The molecule has 0 aromatic heterocycles. The molecule has 0 spiro atoms. The van der Waals surface area contributed by atoms with E-state index in [0.29, 0.717) is 6.42 Å². The summed E-state index contributed by atoms with van der Waals surface area (Å²) in [5.41, 5.74) is 0.865. The van der Waals surface area contributed by atoms with Gasteiger partial charge in [-0.2, -0.15) is 0 Å². The second-order valence-corrected chi connectivity index (χ2v) is 7.11. The van der Waals surface area contributed by atoms with Gasteiger partial charge in [0, 0.05) is 24.7 Å². The predicted molar refractivity (Wildman–Crippen MR) is 78.0 cm³/mol. The summed E-state index contributed by atoms with van der Waals surface area (Å²) in [4.78, 5) is 11.9. The fraction of sp³-hybridized carbons (Fsp3) is 0.500. The normalized spacial score (nSPS) is 16.6. The second kappa shape index (κ2) is 5.83. The van der Waals surface area contributed by atoms with E-state index in [1.165, 1.54) is 0 Å². The Morgan fingerprint density at radius 1 is 1.15 bits per heavy atom. The van der Waals surface area contributed by atoms with Crippen LogP contribution in [0.5, 0.6) is 0 Å². The fourth-order valence-electron chi connectivity index (χ4n) is 2.22. The number of hydrogen-bond acceptors (Lipinski definition) is 4. The number of amides is 1. The molecule has 0 bridgehead atoms. The molecule has 0 saturated carbocycles. The minimum Gasteiger partial charge on any atom is -0.383 e. The number of hydrogen-bond donors (Lipinski definition) is 1. The molecule has 1 aromatic rings. The summed E-state index contributed by atoms with van der Waals surface area (Å²) in [7, 11) is -3.70. The van der Waals surface area contributed by atoms with Crippen molar-refractivity contribution < 1.29 is 13.2 Å². The molecule has 1 fully saturated rings. The first kappa shape index (κ1) is 14.8. The maximum atomic E-state index is 12.4. The number of anilines is 1. The third-order valence-corrected chi connectivity index (χ3v) is 5.01. The van der Waals surface area contributed by atoms with E-state index in [2.05, 4.69) is 5.32 Å². The summed E-state index contributed by atoms with van der Waals surface area (Å²) in [6.45, 7) is 4.31. The molecule has 110 valence electrons. The van der Waals surface area contributed by atoms with Gasteiger partial charge in [0.2, 0.25) is 5.91 Å². The van der Waals surface area contributed by atoms with Crippen LogP contribution in [0.3, 0.4) is 0 Å². The maximum Gasteiger partial charge on any atom is 0.266 e. The number of piperidine rings is 1. The molecule has 0 aliphatic carbocycles. The monoisotopic (exact) mass is 296 g/mol. The van der Waals surface area contributed by atoms with Gasteiger partial charge in [-0.1, -0.05) is 0 Å². The topological polar surface area (TPSA) is 66.5 Å². The van der Waals surface area contributed by atoms with Gasteiger partial charge in [-0.25, -0.2) is 12.7 Å². The number of benzene rings is 1. The Bertz CT molecular complexity index is 579. The van der Waals surface area contributed by atoms with Crippen molar-refractivity contribution in [2.45, 2.75) is 44.0 Å². The van der Waals surface area contributed by atoms with Gasteiger partial charge < -0.3 is 5.32 Å². The van der Waals surface area contributed by atoms with Gasteiger partial charge in [-0.15, -0.1) is 0 Å². The van der Waals surface area contributed by atoms with E-state index in [1.54, 1.807) is 24.3 Å². The van der Waals surface area contributed by atoms with Gasteiger partial charge in [-0.05, 0) is 51.0 Å². The fourth-order valence-corrected chi connectivity index (χ4v) is 3.68. The van der Waals surface area contributed by atoms with Crippen molar-refractivity contribution in [2.75, 3.05) is 11.9 Å². The molecule has 2 rings (SSSR count). The Labute approximate surface area is 120 Å². The van der Waals surface area contributed by atoms with Crippen molar-refractivity contribution in [2.24, 2.45) is 0 Å². The van der Waals surface area contributed by atoms with E-state index in [1.807, 2.05) is 13.8 Å². The van der Waals surface area contributed by atoms with Crippen LogP contribution in [0.25, 0.3) is 0 Å². The molecule has 20 heavy (non-hydrogen) atoms. The maximum absolute atomic E-state index is 12.4. The molecule has 1 heterocycles. The number of sulfonamides is 1. The largest absolute Gasteiger partial charge is 0.383 e. The Hall–Kier alpha value is -1.56. The summed E-state index contributed by atoms with van der Waals surface area (Å²) in [5.74, 6) is -0.305. The molecule has 1 amide bonds. The van der Waals surface area contributed by atoms with Crippen molar-refractivity contribution in [1.29, 1.82) is 0 Å². The first-order chi connectivity index (χ1) is 9.41. The van der Waals surface area contributed by atoms with Gasteiger partial charge >= 0.3 is 0 Å². The van der Waals surface area contributed by atoms with Crippen molar-refractivity contribution in [1.82, 2.24) is 4.31 Å². The average molecular weight is 296 g/mol. The first-order valence-corrected chi connectivity index (χ1v) is 8.27. The zero-order valence-electron chi connectivity index (χ0n) is 11.8. The van der Waals surface area contributed by atoms with Crippen LogP contribution in [0.4, 0.5) is 5.69 Å². The predicted octanol–water partition coefficient (Wildman–Crippen LogP) is 2.21. The lowest BCUT2D eigenvalue weighted by Gasteiger charge is -2.26. The van der Waals surface area contributed by atoms with Gasteiger partial charge in [0.25, 0.3) is 10.0 Å². The van der Waals surface area contributed by atoms with Gasteiger partial charge in [0.05, 0.1) is 4.90 Å². The van der Waals surface area contributed by atoms with Crippen molar-refractivity contribution in [3.8, 4) is 0 Å². The average Bonchev–Trinajstić information content (AvgIpc) is 2.39.